The molecule has 0 bridgehead atoms. The normalized spacial score (nSPS) is 24.2. The molecule has 1 aromatic carbocycles. The van der Waals surface area contributed by atoms with Crippen LogP contribution >= 0.6 is 0 Å². The Balaban J connectivity index is 2.43. The second kappa shape index (κ2) is 11.2. The van der Waals surface area contributed by atoms with E-state index in [0.717, 1.165) is 27.7 Å². The quantitative estimate of drug-likeness (QED) is 0.230. The Bertz CT molecular complexity index is 899. The molecule has 13 heteroatoms. The first-order chi connectivity index (χ1) is 15.5. The second-order valence-electron chi connectivity index (χ2n) is 6.94. The molecule has 0 saturated carbocycles. The number of nitrogens with zero attached hydrogens (tertiary/aromatic N) is 1. The Kier molecular flexibility index (Phi) is 8.68. The lowest BCUT2D eigenvalue weighted by Crippen LogP contribution is -2.63. The average molecular weight is 469 g/mol. The van der Waals surface area contributed by atoms with Crippen LogP contribution in [0.4, 0.5) is 5.69 Å². The zero-order chi connectivity index (χ0) is 24.7. The lowest BCUT2D eigenvalue weighted by molar-refractivity contribution is -0.384. The summed E-state index contributed by atoms with van der Waals surface area (Å²) in [7, 11) is 0. The highest BCUT2D eigenvalue weighted by atomic mass is 16.7. The van der Waals surface area contributed by atoms with Gasteiger partial charge in [0, 0.05) is 39.8 Å². The number of hydrogen-bond donors (Lipinski definition) is 0. The largest absolute Gasteiger partial charge is 0.463 e. The summed E-state index contributed by atoms with van der Waals surface area (Å²) in [6, 6.07) is 4.93. The summed E-state index contributed by atoms with van der Waals surface area (Å²) < 4.78 is 32.3. The van der Waals surface area contributed by atoms with Crippen molar-refractivity contribution in [1.29, 1.82) is 0 Å². The first-order valence-electron chi connectivity index (χ1n) is 9.69. The predicted octanol–water partition coefficient (Wildman–Crippen LogP) is 1.06. The zero-order valence-electron chi connectivity index (χ0n) is 18.2. The van der Waals surface area contributed by atoms with Gasteiger partial charge < -0.3 is 28.4 Å². The summed E-state index contributed by atoms with van der Waals surface area (Å²) in [4.78, 5) is 56.8. The SMILES string of the molecule is CC(=O)OC[C@H]1O[C@@H](Oc2ccc([N+](=O)[O-])cc2)[C@H](OC(C)=O)[C@H](OC(C)=O)[C@@H]1OC(C)=O. The Morgan fingerprint density at radius 1 is 0.848 bits per heavy atom. The number of esters is 4. The van der Waals surface area contributed by atoms with Crippen LogP contribution < -0.4 is 4.74 Å². The van der Waals surface area contributed by atoms with E-state index in [0.29, 0.717) is 0 Å². The number of carbonyl (C=O) groups excluding carboxylic acids is 4. The van der Waals surface area contributed by atoms with E-state index in [1.54, 1.807) is 0 Å². The van der Waals surface area contributed by atoms with Gasteiger partial charge in [0.1, 0.15) is 18.5 Å². The van der Waals surface area contributed by atoms with Crippen LogP contribution in [0.5, 0.6) is 5.75 Å². The van der Waals surface area contributed by atoms with Crippen LogP contribution in [0.1, 0.15) is 27.7 Å². The molecule has 0 spiro atoms. The van der Waals surface area contributed by atoms with Gasteiger partial charge in [0.15, 0.2) is 12.2 Å². The molecule has 1 aromatic rings. The van der Waals surface area contributed by atoms with Crippen molar-refractivity contribution in [3.05, 3.63) is 34.4 Å². The van der Waals surface area contributed by atoms with Crippen LogP contribution in [0.3, 0.4) is 0 Å². The maximum atomic E-state index is 11.8. The number of hydrogen-bond acceptors (Lipinski definition) is 12. The summed E-state index contributed by atoms with van der Waals surface area (Å²) in [5, 5.41) is 10.9. The van der Waals surface area contributed by atoms with E-state index in [1.165, 1.54) is 24.3 Å². The van der Waals surface area contributed by atoms with Crippen molar-refractivity contribution in [1.82, 2.24) is 0 Å². The van der Waals surface area contributed by atoms with Crippen molar-refractivity contribution in [2.45, 2.75) is 58.4 Å². The van der Waals surface area contributed by atoms with Crippen molar-refractivity contribution in [2.24, 2.45) is 0 Å². The van der Waals surface area contributed by atoms with Gasteiger partial charge >= 0.3 is 23.9 Å². The highest BCUT2D eigenvalue weighted by Gasteiger charge is 2.53. The van der Waals surface area contributed by atoms with Gasteiger partial charge in [-0.05, 0) is 12.1 Å². The summed E-state index contributed by atoms with van der Waals surface area (Å²) in [5.41, 5.74) is -0.191. The average Bonchev–Trinajstić information content (AvgIpc) is 2.70. The Labute approximate surface area is 188 Å². The van der Waals surface area contributed by atoms with E-state index < -0.39 is 66.1 Å². The molecule has 0 aliphatic carbocycles. The maximum Gasteiger partial charge on any atom is 0.303 e. The van der Waals surface area contributed by atoms with Crippen molar-refractivity contribution in [2.75, 3.05) is 6.61 Å². The molecule has 5 atom stereocenters. The first-order valence-corrected chi connectivity index (χ1v) is 9.69. The van der Waals surface area contributed by atoms with Crippen LogP contribution in [0.25, 0.3) is 0 Å². The van der Waals surface area contributed by atoms with E-state index in [2.05, 4.69) is 0 Å². The molecule has 0 N–H and O–H groups in total. The zero-order valence-corrected chi connectivity index (χ0v) is 18.2. The molecule has 1 fully saturated rings. The number of nitro benzene ring substituents is 1. The van der Waals surface area contributed by atoms with Crippen molar-refractivity contribution < 1.29 is 52.5 Å². The van der Waals surface area contributed by atoms with Crippen LogP contribution in [0.15, 0.2) is 24.3 Å². The van der Waals surface area contributed by atoms with Gasteiger partial charge in [-0.15, -0.1) is 0 Å². The summed E-state index contributed by atoms with van der Waals surface area (Å²) >= 11 is 0. The van der Waals surface area contributed by atoms with Crippen molar-refractivity contribution >= 4 is 29.6 Å². The molecule has 180 valence electrons. The third kappa shape index (κ3) is 7.42. The van der Waals surface area contributed by atoms with Crippen LogP contribution in [0.2, 0.25) is 0 Å². The third-order valence-corrected chi connectivity index (χ3v) is 4.25. The molecule has 1 saturated heterocycles. The fourth-order valence-corrected chi connectivity index (χ4v) is 3.06. The van der Waals surface area contributed by atoms with Gasteiger partial charge in [0.2, 0.25) is 12.4 Å². The number of ether oxygens (including phenoxy) is 6. The lowest BCUT2D eigenvalue weighted by atomic mass is 9.98. The number of benzene rings is 1. The molecule has 13 nitrogen and oxygen atoms in total. The highest BCUT2D eigenvalue weighted by molar-refractivity contribution is 5.68. The summed E-state index contributed by atoms with van der Waals surface area (Å²) in [6.45, 7) is 4.05. The number of non-ortho nitro benzene ring substituents is 1. The van der Waals surface area contributed by atoms with Gasteiger partial charge in [0.05, 0.1) is 4.92 Å². The van der Waals surface area contributed by atoms with Crippen LogP contribution in [0, 0.1) is 10.1 Å². The fraction of sp³-hybridized carbons (Fsp3) is 0.500. The number of rotatable bonds is 8. The summed E-state index contributed by atoms with van der Waals surface area (Å²) in [6.07, 6.45) is -6.69. The molecule has 0 unspecified atom stereocenters. The van der Waals surface area contributed by atoms with E-state index in [-0.39, 0.29) is 11.4 Å². The third-order valence-electron chi connectivity index (χ3n) is 4.25. The van der Waals surface area contributed by atoms with Gasteiger partial charge in [0.25, 0.3) is 5.69 Å². The number of carbonyl (C=O) groups is 4. The molecule has 1 heterocycles. The maximum absolute atomic E-state index is 11.8. The van der Waals surface area contributed by atoms with Gasteiger partial charge in [-0.25, -0.2) is 0 Å². The fourth-order valence-electron chi connectivity index (χ4n) is 3.06. The Hall–Kier alpha value is -3.74. The monoisotopic (exact) mass is 469 g/mol. The highest BCUT2D eigenvalue weighted by Crippen LogP contribution is 2.31. The Morgan fingerprint density at radius 3 is 1.85 bits per heavy atom. The minimum absolute atomic E-state index is 0.0986. The van der Waals surface area contributed by atoms with E-state index in [4.69, 9.17) is 28.4 Å². The van der Waals surface area contributed by atoms with E-state index in [1.807, 2.05) is 0 Å². The van der Waals surface area contributed by atoms with Crippen LogP contribution in [-0.2, 0) is 42.9 Å². The first kappa shape index (κ1) is 25.5. The lowest BCUT2D eigenvalue weighted by Gasteiger charge is -2.43. The molecule has 33 heavy (non-hydrogen) atoms. The minimum atomic E-state index is -1.42. The molecule has 1 aliphatic heterocycles. The van der Waals surface area contributed by atoms with Gasteiger partial charge in [-0.1, -0.05) is 0 Å². The van der Waals surface area contributed by atoms with Crippen LogP contribution in [-0.4, -0.2) is 66.1 Å². The standard InChI is InChI=1S/C20H23NO12/c1-10(22)28-9-16-17(29-11(2)23)18(30-12(3)24)19(31-13(4)25)20(33-16)32-15-7-5-14(6-8-15)21(26)27/h5-8,16-20H,9H2,1-4H3/t16-,17-,18-,19-,20-/m1/s1. The van der Waals surface area contributed by atoms with E-state index >= 15 is 0 Å². The Morgan fingerprint density at radius 2 is 1.36 bits per heavy atom. The molecule has 0 amide bonds. The van der Waals surface area contributed by atoms with Crippen molar-refractivity contribution in [3.8, 4) is 5.75 Å². The molecular weight excluding hydrogens is 446 g/mol. The second-order valence-corrected chi connectivity index (χ2v) is 6.94. The predicted molar refractivity (Wildman–Crippen MR) is 106 cm³/mol. The molecule has 1 aliphatic rings. The smallest absolute Gasteiger partial charge is 0.303 e. The van der Waals surface area contributed by atoms with Gasteiger partial charge in [-0.2, -0.15) is 0 Å². The summed E-state index contributed by atoms with van der Waals surface area (Å²) in [5.74, 6) is -2.87. The minimum Gasteiger partial charge on any atom is -0.463 e. The van der Waals surface area contributed by atoms with E-state index in [9.17, 15) is 29.3 Å². The van der Waals surface area contributed by atoms with Gasteiger partial charge in [-0.3, -0.25) is 29.3 Å². The molecule has 2 rings (SSSR count). The molecular formula is C20H23NO12. The molecule has 0 aromatic heterocycles. The molecule has 0 radical (unpaired) electrons. The number of nitro groups is 1. The van der Waals surface area contributed by atoms with Crippen molar-refractivity contribution in [3.63, 3.8) is 0 Å². The topological polar surface area (TPSA) is 167 Å².